The van der Waals surface area contributed by atoms with E-state index in [1.165, 1.54) is 5.56 Å². The Balaban J connectivity index is 1.65. The minimum atomic E-state index is -2.67. The predicted octanol–water partition coefficient (Wildman–Crippen LogP) is 1.52. The molecule has 0 aliphatic carbocycles. The number of hydrogen-bond donors (Lipinski definition) is 2. The van der Waals surface area contributed by atoms with Crippen LogP contribution in [0.5, 0.6) is 0 Å². The largest absolute Gasteiger partial charge is 0.386 e. The van der Waals surface area contributed by atoms with Gasteiger partial charge >= 0.3 is 0 Å². The molecule has 20 heavy (non-hydrogen) atoms. The maximum absolute atomic E-state index is 12.2. The van der Waals surface area contributed by atoms with E-state index in [4.69, 9.17) is 5.11 Å². The molecule has 1 saturated heterocycles. The number of aliphatic hydroxyl groups is 1. The highest BCUT2D eigenvalue weighted by Gasteiger charge is 2.24. The maximum Gasteiger partial charge on any atom is 0.265 e. The van der Waals surface area contributed by atoms with Crippen molar-refractivity contribution in [3.63, 3.8) is 0 Å². The summed E-state index contributed by atoms with van der Waals surface area (Å²) in [6.45, 7) is 2.80. The number of benzene rings is 1. The minimum absolute atomic E-state index is 0.0329. The van der Waals surface area contributed by atoms with E-state index in [-0.39, 0.29) is 12.6 Å². The molecule has 0 saturated carbocycles. The van der Waals surface area contributed by atoms with Gasteiger partial charge in [0, 0.05) is 25.7 Å². The van der Waals surface area contributed by atoms with E-state index < -0.39 is 12.5 Å². The smallest absolute Gasteiger partial charge is 0.265 e. The van der Waals surface area contributed by atoms with Gasteiger partial charge in [0.1, 0.15) is 6.10 Å². The van der Waals surface area contributed by atoms with Crippen molar-refractivity contribution in [2.24, 2.45) is 0 Å². The highest BCUT2D eigenvalue weighted by molar-refractivity contribution is 5.14. The third kappa shape index (κ3) is 4.81. The first-order valence-corrected chi connectivity index (χ1v) is 7.11. The fraction of sp³-hybridized carbons (Fsp3) is 0.600. The summed E-state index contributed by atoms with van der Waals surface area (Å²) in [6, 6.07) is 10.5. The molecule has 0 spiro atoms. The first-order chi connectivity index (χ1) is 9.65. The molecule has 112 valence electrons. The lowest BCUT2D eigenvalue weighted by Crippen LogP contribution is -2.40. The Hall–Kier alpha value is -1.04. The SMILES string of the molecule is OC(CNC1CCN(CCc2ccccc2)C1)C(F)F. The number of nitrogens with zero attached hydrogens (tertiary/aromatic N) is 1. The fourth-order valence-electron chi connectivity index (χ4n) is 2.51. The van der Waals surface area contributed by atoms with Crippen LogP contribution in [0.1, 0.15) is 12.0 Å². The minimum Gasteiger partial charge on any atom is -0.386 e. The second-order valence-electron chi connectivity index (χ2n) is 5.33. The Kier molecular flexibility index (Phi) is 5.88. The lowest BCUT2D eigenvalue weighted by Gasteiger charge is -2.18. The normalized spacial score (nSPS) is 21.5. The molecule has 0 aromatic heterocycles. The Labute approximate surface area is 118 Å². The number of rotatable bonds is 7. The molecule has 1 aromatic carbocycles. The molecule has 1 aliphatic heterocycles. The van der Waals surface area contributed by atoms with Crippen LogP contribution in [-0.2, 0) is 6.42 Å². The average molecular weight is 284 g/mol. The van der Waals surface area contributed by atoms with E-state index in [0.717, 1.165) is 32.5 Å². The third-order valence-corrected chi connectivity index (χ3v) is 3.74. The highest BCUT2D eigenvalue weighted by Crippen LogP contribution is 2.11. The maximum atomic E-state index is 12.2. The van der Waals surface area contributed by atoms with Gasteiger partial charge in [-0.25, -0.2) is 8.78 Å². The van der Waals surface area contributed by atoms with Crippen molar-refractivity contribution in [2.45, 2.75) is 31.4 Å². The molecule has 0 amide bonds. The molecule has 2 rings (SSSR count). The zero-order valence-corrected chi connectivity index (χ0v) is 11.5. The van der Waals surface area contributed by atoms with Crippen LogP contribution in [-0.4, -0.2) is 54.8 Å². The van der Waals surface area contributed by atoms with Crippen molar-refractivity contribution in [1.29, 1.82) is 0 Å². The van der Waals surface area contributed by atoms with Crippen molar-refractivity contribution >= 4 is 0 Å². The first kappa shape index (κ1) is 15.4. The van der Waals surface area contributed by atoms with Gasteiger partial charge in [-0.2, -0.15) is 0 Å². The standard InChI is InChI=1S/C15H22F2N2O/c16-15(17)14(20)10-18-13-7-9-19(11-13)8-6-12-4-2-1-3-5-12/h1-5,13-15,18,20H,6-11H2. The van der Waals surface area contributed by atoms with Crippen molar-refractivity contribution in [2.75, 3.05) is 26.2 Å². The molecule has 5 heteroatoms. The molecule has 1 aromatic rings. The average Bonchev–Trinajstić information content (AvgIpc) is 2.91. The summed E-state index contributed by atoms with van der Waals surface area (Å²) in [7, 11) is 0. The molecule has 1 fully saturated rings. The first-order valence-electron chi connectivity index (χ1n) is 7.11. The van der Waals surface area contributed by atoms with Crippen molar-refractivity contribution < 1.29 is 13.9 Å². The summed E-state index contributed by atoms with van der Waals surface area (Å²) in [4.78, 5) is 2.33. The molecule has 2 atom stereocenters. The zero-order valence-electron chi connectivity index (χ0n) is 11.5. The molecule has 2 N–H and O–H groups in total. The van der Waals surface area contributed by atoms with Crippen LogP contribution in [0.25, 0.3) is 0 Å². The number of alkyl halides is 2. The monoisotopic (exact) mass is 284 g/mol. The summed E-state index contributed by atoms with van der Waals surface area (Å²) in [5, 5.41) is 12.1. The van der Waals surface area contributed by atoms with E-state index in [1.54, 1.807) is 0 Å². The second-order valence-corrected chi connectivity index (χ2v) is 5.33. The van der Waals surface area contributed by atoms with Gasteiger partial charge in [0.05, 0.1) is 0 Å². The van der Waals surface area contributed by atoms with E-state index in [2.05, 4.69) is 22.3 Å². The van der Waals surface area contributed by atoms with Crippen molar-refractivity contribution in [3.8, 4) is 0 Å². The van der Waals surface area contributed by atoms with Gasteiger partial charge in [0.15, 0.2) is 0 Å². The molecular formula is C15H22F2N2O. The van der Waals surface area contributed by atoms with Crippen LogP contribution in [0, 0.1) is 0 Å². The Bertz CT molecular complexity index is 389. The summed E-state index contributed by atoms with van der Waals surface area (Å²) < 4.78 is 24.4. The molecular weight excluding hydrogens is 262 g/mol. The van der Waals surface area contributed by atoms with Crippen LogP contribution < -0.4 is 5.32 Å². The number of halogens is 2. The molecule has 2 unspecified atom stereocenters. The van der Waals surface area contributed by atoms with Gasteiger partial charge in [-0.1, -0.05) is 30.3 Å². The molecule has 0 bridgehead atoms. The van der Waals surface area contributed by atoms with E-state index in [1.807, 2.05) is 18.2 Å². The van der Waals surface area contributed by atoms with Crippen LogP contribution in [0.15, 0.2) is 30.3 Å². The number of nitrogens with one attached hydrogen (secondary N) is 1. The van der Waals surface area contributed by atoms with Gasteiger partial charge in [-0.3, -0.25) is 0 Å². The summed E-state index contributed by atoms with van der Waals surface area (Å²) in [5.74, 6) is 0. The number of likely N-dealkylation sites (tertiary alicyclic amines) is 1. The van der Waals surface area contributed by atoms with Crippen LogP contribution in [0.4, 0.5) is 8.78 Å². The molecule has 3 nitrogen and oxygen atoms in total. The van der Waals surface area contributed by atoms with Crippen LogP contribution >= 0.6 is 0 Å². The van der Waals surface area contributed by atoms with Gasteiger partial charge in [0.2, 0.25) is 0 Å². The lowest BCUT2D eigenvalue weighted by molar-refractivity contribution is -0.00446. The molecule has 0 radical (unpaired) electrons. The van der Waals surface area contributed by atoms with Gasteiger partial charge < -0.3 is 15.3 Å². The predicted molar refractivity (Wildman–Crippen MR) is 75.0 cm³/mol. The summed E-state index contributed by atoms with van der Waals surface area (Å²) in [6.07, 6.45) is -2.27. The lowest BCUT2D eigenvalue weighted by atomic mass is 10.1. The fourth-order valence-corrected chi connectivity index (χ4v) is 2.51. The highest BCUT2D eigenvalue weighted by atomic mass is 19.3. The Morgan fingerprint density at radius 3 is 2.75 bits per heavy atom. The van der Waals surface area contributed by atoms with E-state index >= 15 is 0 Å². The molecule has 1 heterocycles. The van der Waals surface area contributed by atoms with Crippen LogP contribution in [0.3, 0.4) is 0 Å². The second kappa shape index (κ2) is 7.67. The van der Waals surface area contributed by atoms with E-state index in [9.17, 15) is 8.78 Å². The summed E-state index contributed by atoms with van der Waals surface area (Å²) in [5.41, 5.74) is 1.32. The van der Waals surface area contributed by atoms with Crippen molar-refractivity contribution in [3.05, 3.63) is 35.9 Å². The number of aliphatic hydroxyl groups excluding tert-OH is 1. The summed E-state index contributed by atoms with van der Waals surface area (Å²) >= 11 is 0. The Morgan fingerprint density at radius 2 is 2.05 bits per heavy atom. The van der Waals surface area contributed by atoms with Gasteiger partial charge in [-0.15, -0.1) is 0 Å². The van der Waals surface area contributed by atoms with Gasteiger partial charge in [-0.05, 0) is 24.9 Å². The van der Waals surface area contributed by atoms with Crippen molar-refractivity contribution in [1.82, 2.24) is 10.2 Å². The van der Waals surface area contributed by atoms with Crippen LogP contribution in [0.2, 0.25) is 0 Å². The van der Waals surface area contributed by atoms with Gasteiger partial charge in [0.25, 0.3) is 6.43 Å². The topological polar surface area (TPSA) is 35.5 Å². The Morgan fingerprint density at radius 1 is 1.30 bits per heavy atom. The third-order valence-electron chi connectivity index (χ3n) is 3.74. The van der Waals surface area contributed by atoms with E-state index in [0.29, 0.717) is 0 Å². The quantitative estimate of drug-likeness (QED) is 0.797. The number of hydrogen-bond acceptors (Lipinski definition) is 3. The zero-order chi connectivity index (χ0) is 14.4. The molecule has 1 aliphatic rings.